The molecule has 1 atom stereocenters. The molecule has 8 aromatic rings. The molecule has 0 fully saturated rings. The van der Waals surface area contributed by atoms with Crippen molar-refractivity contribution in [3.63, 3.8) is 0 Å². The number of aryl methyl sites for hydroxylation is 3. The summed E-state index contributed by atoms with van der Waals surface area (Å²) in [6, 6.07) is 59.0. The van der Waals surface area contributed by atoms with E-state index in [1.807, 2.05) is 19.2 Å². The maximum atomic E-state index is 5.12. The predicted octanol–water partition coefficient (Wildman–Crippen LogP) is 11.8. The van der Waals surface area contributed by atoms with E-state index in [1.165, 1.54) is 55.6 Å². The van der Waals surface area contributed by atoms with Crippen molar-refractivity contribution in [1.29, 1.82) is 0 Å². The van der Waals surface area contributed by atoms with Gasteiger partial charge >= 0.3 is 0 Å². The number of rotatable bonds is 6. The van der Waals surface area contributed by atoms with Gasteiger partial charge in [-0.1, -0.05) is 146 Å². The fourth-order valence-electron chi connectivity index (χ4n) is 8.13. The lowest BCUT2D eigenvalue weighted by atomic mass is 9.67. The summed E-state index contributed by atoms with van der Waals surface area (Å²) in [5.74, 6) is 0.721. The Morgan fingerprint density at radius 2 is 1.10 bits per heavy atom. The number of nitrogens with zero attached hydrogens (tertiary/aromatic N) is 3. The fourth-order valence-corrected chi connectivity index (χ4v) is 8.13. The van der Waals surface area contributed by atoms with Crippen molar-refractivity contribution in [2.24, 2.45) is 0 Å². The molecule has 0 radical (unpaired) electrons. The molecule has 0 aliphatic heterocycles. The van der Waals surface area contributed by atoms with Crippen LogP contribution >= 0.6 is 0 Å². The zero-order valence-corrected chi connectivity index (χ0v) is 29.5. The average Bonchev–Trinajstić information content (AvgIpc) is 3.49. The van der Waals surface area contributed by atoms with Crippen LogP contribution in [0.15, 0.2) is 170 Å². The van der Waals surface area contributed by atoms with Crippen molar-refractivity contribution in [3.05, 3.63) is 209 Å². The van der Waals surface area contributed by atoms with Crippen molar-refractivity contribution in [2.75, 3.05) is 0 Å². The first-order valence-electron chi connectivity index (χ1n) is 17.8. The molecule has 3 nitrogen and oxygen atoms in total. The van der Waals surface area contributed by atoms with Crippen LogP contribution in [0, 0.1) is 20.8 Å². The quantitative estimate of drug-likeness (QED) is 0.177. The number of hydrogen-bond acceptors (Lipinski definition) is 3. The Morgan fingerprint density at radius 3 is 1.88 bits per heavy atom. The van der Waals surface area contributed by atoms with Gasteiger partial charge in [-0.2, -0.15) is 0 Å². The van der Waals surface area contributed by atoms with Crippen molar-refractivity contribution >= 4 is 0 Å². The minimum Gasteiger partial charge on any atom is -0.256 e. The van der Waals surface area contributed by atoms with Crippen molar-refractivity contribution in [2.45, 2.75) is 26.2 Å². The molecule has 52 heavy (non-hydrogen) atoms. The molecule has 1 aliphatic carbocycles. The molecule has 0 N–H and O–H groups in total. The molecule has 2 aromatic heterocycles. The third-order valence-corrected chi connectivity index (χ3v) is 10.4. The molecule has 0 amide bonds. The van der Waals surface area contributed by atoms with Gasteiger partial charge in [-0.3, -0.25) is 4.98 Å². The lowest BCUT2D eigenvalue weighted by molar-refractivity contribution is 0.768. The fraction of sp³-hybridized carbons (Fsp3) is 0.0816. The van der Waals surface area contributed by atoms with E-state index >= 15 is 0 Å². The van der Waals surface area contributed by atoms with Gasteiger partial charge in [-0.25, -0.2) is 9.97 Å². The number of hydrogen-bond donors (Lipinski definition) is 0. The van der Waals surface area contributed by atoms with E-state index in [-0.39, 0.29) is 0 Å². The molecular formula is C49H37N3. The van der Waals surface area contributed by atoms with Crippen LogP contribution in [0.4, 0.5) is 0 Å². The minimum absolute atomic E-state index is 0.503. The largest absolute Gasteiger partial charge is 0.256 e. The Labute approximate surface area is 305 Å². The molecule has 248 valence electrons. The average molecular weight is 668 g/mol. The van der Waals surface area contributed by atoms with E-state index in [0.717, 1.165) is 39.6 Å². The normalized spacial score (nSPS) is 14.5. The number of benzene rings is 6. The standard InChI is InChI=1S/C49H37N3/c1-32-27-33(2)47(50-31-32)39-23-26-45-43(30-39)42-19-10-11-20-44(42)49(45,40-17-8-5-9-18-40)41-24-21-36(22-25-41)48-51-34(3)28-46(52-48)38-16-12-15-37(29-38)35-13-6-4-7-14-35/h4-31H,1-3H3. The highest BCUT2D eigenvalue weighted by molar-refractivity contribution is 5.89. The molecule has 9 rings (SSSR count). The SMILES string of the molecule is Cc1cnc(-c2ccc3c(c2)-c2ccccc2C3(c2ccccc2)c2ccc(-c3nc(C)cc(-c4cccc(-c5ccccc5)c4)n3)cc2)c(C)c1. The Hall–Kier alpha value is -6.45. The van der Waals surface area contributed by atoms with E-state index in [0.29, 0.717) is 0 Å². The second kappa shape index (κ2) is 12.7. The van der Waals surface area contributed by atoms with Gasteiger partial charge in [0.05, 0.1) is 16.8 Å². The number of fused-ring (bicyclic) bond motifs is 3. The Morgan fingerprint density at radius 1 is 0.442 bits per heavy atom. The molecular weight excluding hydrogens is 631 g/mol. The van der Waals surface area contributed by atoms with Crippen molar-refractivity contribution in [3.8, 4) is 56.2 Å². The molecule has 0 saturated carbocycles. The topological polar surface area (TPSA) is 38.7 Å². The maximum absolute atomic E-state index is 5.12. The Balaban J connectivity index is 1.17. The van der Waals surface area contributed by atoms with Crippen LogP contribution in [-0.2, 0) is 5.41 Å². The van der Waals surface area contributed by atoms with Crippen LogP contribution in [0.5, 0.6) is 0 Å². The molecule has 6 aromatic carbocycles. The molecule has 0 bridgehead atoms. The number of aromatic nitrogens is 3. The summed E-state index contributed by atoms with van der Waals surface area (Å²) in [7, 11) is 0. The van der Waals surface area contributed by atoms with E-state index in [2.05, 4.69) is 172 Å². The van der Waals surface area contributed by atoms with Gasteiger partial charge in [-0.15, -0.1) is 0 Å². The molecule has 2 heterocycles. The van der Waals surface area contributed by atoms with Gasteiger partial charge in [0, 0.05) is 28.6 Å². The first-order valence-corrected chi connectivity index (χ1v) is 17.8. The molecule has 0 spiro atoms. The molecule has 3 heteroatoms. The van der Waals surface area contributed by atoms with Gasteiger partial charge in [-0.05, 0) is 94.6 Å². The second-order valence-electron chi connectivity index (χ2n) is 13.8. The highest BCUT2D eigenvalue weighted by Crippen LogP contribution is 2.56. The highest BCUT2D eigenvalue weighted by Gasteiger charge is 2.46. The van der Waals surface area contributed by atoms with Gasteiger partial charge in [0.1, 0.15) is 0 Å². The third kappa shape index (κ3) is 5.25. The van der Waals surface area contributed by atoms with Gasteiger partial charge in [0.25, 0.3) is 0 Å². The zero-order valence-electron chi connectivity index (χ0n) is 29.5. The summed E-state index contributed by atoms with van der Waals surface area (Å²) in [4.78, 5) is 14.9. The van der Waals surface area contributed by atoms with E-state index in [4.69, 9.17) is 15.0 Å². The number of pyridine rings is 1. The summed E-state index contributed by atoms with van der Waals surface area (Å²) >= 11 is 0. The molecule has 1 unspecified atom stereocenters. The summed E-state index contributed by atoms with van der Waals surface area (Å²) in [6.07, 6.45) is 1.96. The summed E-state index contributed by atoms with van der Waals surface area (Å²) < 4.78 is 0. The summed E-state index contributed by atoms with van der Waals surface area (Å²) in [6.45, 7) is 6.29. The van der Waals surface area contributed by atoms with Crippen molar-refractivity contribution in [1.82, 2.24) is 15.0 Å². The first kappa shape index (κ1) is 31.5. The van der Waals surface area contributed by atoms with Crippen LogP contribution in [0.3, 0.4) is 0 Å². The van der Waals surface area contributed by atoms with Crippen LogP contribution in [0.2, 0.25) is 0 Å². The Kier molecular flexibility index (Phi) is 7.70. The van der Waals surface area contributed by atoms with Crippen LogP contribution < -0.4 is 0 Å². The zero-order chi connectivity index (χ0) is 35.2. The second-order valence-corrected chi connectivity index (χ2v) is 13.8. The smallest absolute Gasteiger partial charge is 0.160 e. The first-order chi connectivity index (χ1) is 25.5. The molecule has 0 saturated heterocycles. The third-order valence-electron chi connectivity index (χ3n) is 10.4. The Bertz CT molecular complexity index is 2590. The summed E-state index contributed by atoms with van der Waals surface area (Å²) in [5, 5.41) is 0. The van der Waals surface area contributed by atoms with E-state index in [9.17, 15) is 0 Å². The van der Waals surface area contributed by atoms with Gasteiger partial charge < -0.3 is 0 Å². The van der Waals surface area contributed by atoms with Crippen molar-refractivity contribution < 1.29 is 0 Å². The van der Waals surface area contributed by atoms with E-state index in [1.54, 1.807) is 0 Å². The monoisotopic (exact) mass is 667 g/mol. The maximum Gasteiger partial charge on any atom is 0.160 e. The predicted molar refractivity (Wildman–Crippen MR) is 213 cm³/mol. The van der Waals surface area contributed by atoms with Crippen LogP contribution in [0.1, 0.15) is 39.1 Å². The molecule has 1 aliphatic rings. The highest BCUT2D eigenvalue weighted by atomic mass is 14.9. The van der Waals surface area contributed by atoms with Gasteiger partial charge in [0.15, 0.2) is 5.82 Å². The summed E-state index contributed by atoms with van der Waals surface area (Å²) in [5.41, 5.74) is 17.7. The lowest BCUT2D eigenvalue weighted by Gasteiger charge is -2.34. The van der Waals surface area contributed by atoms with Crippen LogP contribution in [0.25, 0.3) is 56.2 Å². The lowest BCUT2D eigenvalue weighted by Crippen LogP contribution is -2.28. The van der Waals surface area contributed by atoms with Gasteiger partial charge in [0.2, 0.25) is 0 Å². The van der Waals surface area contributed by atoms with Crippen LogP contribution in [-0.4, -0.2) is 15.0 Å². The minimum atomic E-state index is -0.503. The van der Waals surface area contributed by atoms with E-state index < -0.39 is 5.41 Å².